The molecule has 0 aromatic heterocycles. The van der Waals surface area contributed by atoms with Gasteiger partial charge in [0.15, 0.2) is 0 Å². The smallest absolute Gasteiger partial charge is 0.0351 e. The number of piperazine rings is 1. The molecule has 0 spiro atoms. The van der Waals surface area contributed by atoms with Crippen molar-refractivity contribution < 1.29 is 0 Å². The molecule has 2 rings (SSSR count). The van der Waals surface area contributed by atoms with E-state index < -0.39 is 0 Å². The Balaban J connectivity index is 1.64. The van der Waals surface area contributed by atoms with Gasteiger partial charge in [0, 0.05) is 56.0 Å². The van der Waals surface area contributed by atoms with Gasteiger partial charge in [-0.15, -0.1) is 0 Å². The van der Waals surface area contributed by atoms with Crippen LogP contribution in [-0.4, -0.2) is 55.6 Å². The van der Waals surface area contributed by atoms with E-state index in [4.69, 9.17) is 0 Å². The summed E-state index contributed by atoms with van der Waals surface area (Å²) in [5.41, 5.74) is 1.19. The number of nitrogens with zero attached hydrogens (tertiary/aromatic N) is 2. The van der Waals surface area contributed by atoms with E-state index in [2.05, 4.69) is 69.2 Å². The maximum absolute atomic E-state index is 3.50. The van der Waals surface area contributed by atoms with Gasteiger partial charge in [0.25, 0.3) is 0 Å². The minimum Gasteiger partial charge on any atom is -0.384 e. The van der Waals surface area contributed by atoms with E-state index in [-0.39, 0.29) is 0 Å². The van der Waals surface area contributed by atoms with Crippen LogP contribution in [0.1, 0.15) is 13.8 Å². The molecule has 1 fully saturated rings. The number of rotatable bonds is 6. The van der Waals surface area contributed by atoms with Crippen molar-refractivity contribution in [1.82, 2.24) is 9.80 Å². The summed E-state index contributed by atoms with van der Waals surface area (Å²) in [7, 11) is 0. The van der Waals surface area contributed by atoms with Crippen LogP contribution in [0, 0.1) is 5.92 Å². The standard InChI is InChI=1S/C16H26BrN3/c1-14(2)13-20-10-8-19(9-11-20)7-6-18-16-5-3-4-15(17)12-16/h3-5,12,14,18H,6-11,13H2,1-2H3. The normalized spacial score (nSPS) is 17.6. The number of hydrogen-bond acceptors (Lipinski definition) is 3. The third kappa shape index (κ3) is 5.43. The molecule has 0 radical (unpaired) electrons. The summed E-state index contributed by atoms with van der Waals surface area (Å²) in [5, 5.41) is 3.49. The first-order valence-corrected chi connectivity index (χ1v) is 8.37. The SMILES string of the molecule is CC(C)CN1CCN(CCNc2cccc(Br)c2)CC1. The van der Waals surface area contributed by atoms with Crippen LogP contribution in [0.15, 0.2) is 28.7 Å². The van der Waals surface area contributed by atoms with Gasteiger partial charge in [-0.25, -0.2) is 0 Å². The van der Waals surface area contributed by atoms with Crippen LogP contribution in [0.3, 0.4) is 0 Å². The van der Waals surface area contributed by atoms with Gasteiger partial charge < -0.3 is 10.2 Å². The third-order valence-electron chi connectivity index (χ3n) is 3.67. The lowest BCUT2D eigenvalue weighted by atomic mass is 10.2. The zero-order chi connectivity index (χ0) is 14.4. The molecule has 1 N–H and O–H groups in total. The maximum atomic E-state index is 3.50. The molecule has 20 heavy (non-hydrogen) atoms. The van der Waals surface area contributed by atoms with E-state index in [0.717, 1.165) is 23.5 Å². The van der Waals surface area contributed by atoms with Crippen molar-refractivity contribution in [2.24, 2.45) is 5.92 Å². The van der Waals surface area contributed by atoms with Crippen molar-refractivity contribution in [2.75, 3.05) is 51.1 Å². The van der Waals surface area contributed by atoms with Gasteiger partial charge in [0.05, 0.1) is 0 Å². The molecule has 0 amide bonds. The maximum Gasteiger partial charge on any atom is 0.0351 e. The first-order valence-electron chi connectivity index (χ1n) is 7.57. The molecule has 1 aliphatic rings. The molecule has 3 nitrogen and oxygen atoms in total. The van der Waals surface area contributed by atoms with Crippen molar-refractivity contribution in [3.05, 3.63) is 28.7 Å². The Morgan fingerprint density at radius 3 is 2.50 bits per heavy atom. The Labute approximate surface area is 131 Å². The van der Waals surface area contributed by atoms with Gasteiger partial charge in [0.2, 0.25) is 0 Å². The number of hydrogen-bond donors (Lipinski definition) is 1. The topological polar surface area (TPSA) is 18.5 Å². The van der Waals surface area contributed by atoms with Gasteiger partial charge >= 0.3 is 0 Å². The summed E-state index contributed by atoms with van der Waals surface area (Å²) in [6.07, 6.45) is 0. The van der Waals surface area contributed by atoms with E-state index in [9.17, 15) is 0 Å². The van der Waals surface area contributed by atoms with Crippen molar-refractivity contribution >= 4 is 21.6 Å². The van der Waals surface area contributed by atoms with Crippen molar-refractivity contribution in [2.45, 2.75) is 13.8 Å². The van der Waals surface area contributed by atoms with E-state index in [0.29, 0.717) is 0 Å². The summed E-state index contributed by atoms with van der Waals surface area (Å²) < 4.78 is 1.13. The molecule has 0 unspecified atom stereocenters. The molecular weight excluding hydrogens is 314 g/mol. The first kappa shape index (κ1) is 15.8. The van der Waals surface area contributed by atoms with Crippen LogP contribution in [0.25, 0.3) is 0 Å². The third-order valence-corrected chi connectivity index (χ3v) is 4.16. The minimum atomic E-state index is 0.778. The highest BCUT2D eigenvalue weighted by atomic mass is 79.9. The van der Waals surface area contributed by atoms with Gasteiger partial charge in [-0.1, -0.05) is 35.8 Å². The predicted molar refractivity (Wildman–Crippen MR) is 90.3 cm³/mol. The molecular formula is C16H26BrN3. The average Bonchev–Trinajstić information content (AvgIpc) is 2.40. The van der Waals surface area contributed by atoms with Crippen LogP contribution >= 0.6 is 15.9 Å². The van der Waals surface area contributed by atoms with E-state index in [1.165, 1.54) is 38.4 Å². The second-order valence-electron chi connectivity index (χ2n) is 5.97. The Kier molecular flexibility index (Phi) is 6.33. The number of nitrogens with one attached hydrogen (secondary N) is 1. The lowest BCUT2D eigenvalue weighted by molar-refractivity contribution is 0.125. The summed E-state index contributed by atoms with van der Waals surface area (Å²) in [6.45, 7) is 12.8. The van der Waals surface area contributed by atoms with Gasteiger partial charge in [-0.05, 0) is 24.1 Å². The highest BCUT2D eigenvalue weighted by Gasteiger charge is 2.16. The van der Waals surface area contributed by atoms with Crippen LogP contribution in [-0.2, 0) is 0 Å². The van der Waals surface area contributed by atoms with E-state index in [1.807, 2.05) is 0 Å². The van der Waals surface area contributed by atoms with Crippen molar-refractivity contribution in [1.29, 1.82) is 0 Å². The highest BCUT2D eigenvalue weighted by Crippen LogP contribution is 2.15. The first-order chi connectivity index (χ1) is 9.63. The van der Waals surface area contributed by atoms with Crippen LogP contribution < -0.4 is 5.32 Å². The summed E-state index contributed by atoms with van der Waals surface area (Å²) in [6, 6.07) is 8.36. The summed E-state index contributed by atoms with van der Waals surface area (Å²) in [4.78, 5) is 5.14. The molecule has 1 saturated heterocycles. The quantitative estimate of drug-likeness (QED) is 0.858. The molecule has 1 aliphatic heterocycles. The van der Waals surface area contributed by atoms with Gasteiger partial charge in [-0.3, -0.25) is 4.90 Å². The number of anilines is 1. The number of halogens is 1. The lowest BCUT2D eigenvalue weighted by Crippen LogP contribution is -2.48. The van der Waals surface area contributed by atoms with Gasteiger partial charge in [-0.2, -0.15) is 0 Å². The van der Waals surface area contributed by atoms with Crippen LogP contribution in [0.4, 0.5) is 5.69 Å². The lowest BCUT2D eigenvalue weighted by Gasteiger charge is -2.35. The molecule has 0 atom stereocenters. The fourth-order valence-electron chi connectivity index (χ4n) is 2.67. The van der Waals surface area contributed by atoms with E-state index >= 15 is 0 Å². The molecule has 1 aromatic rings. The van der Waals surface area contributed by atoms with Crippen molar-refractivity contribution in [3.8, 4) is 0 Å². The number of benzene rings is 1. The molecule has 0 bridgehead atoms. The molecule has 1 heterocycles. The average molecular weight is 340 g/mol. The molecule has 1 aromatic carbocycles. The molecule has 0 saturated carbocycles. The molecule has 0 aliphatic carbocycles. The Morgan fingerprint density at radius 2 is 1.85 bits per heavy atom. The fraction of sp³-hybridized carbons (Fsp3) is 0.625. The zero-order valence-electron chi connectivity index (χ0n) is 12.6. The highest BCUT2D eigenvalue weighted by molar-refractivity contribution is 9.10. The largest absolute Gasteiger partial charge is 0.384 e. The molecule has 4 heteroatoms. The minimum absolute atomic E-state index is 0.778. The Hall–Kier alpha value is -0.580. The fourth-order valence-corrected chi connectivity index (χ4v) is 3.07. The zero-order valence-corrected chi connectivity index (χ0v) is 14.2. The Bertz CT molecular complexity index is 400. The van der Waals surface area contributed by atoms with Crippen LogP contribution in [0.5, 0.6) is 0 Å². The summed E-state index contributed by atoms with van der Waals surface area (Å²) in [5.74, 6) is 0.778. The molecule has 112 valence electrons. The van der Waals surface area contributed by atoms with E-state index in [1.54, 1.807) is 0 Å². The van der Waals surface area contributed by atoms with Crippen LogP contribution in [0.2, 0.25) is 0 Å². The second-order valence-corrected chi connectivity index (χ2v) is 6.89. The Morgan fingerprint density at radius 1 is 1.15 bits per heavy atom. The van der Waals surface area contributed by atoms with Gasteiger partial charge in [0.1, 0.15) is 0 Å². The predicted octanol–water partition coefficient (Wildman–Crippen LogP) is 3.13. The monoisotopic (exact) mass is 339 g/mol. The second kappa shape index (κ2) is 8.01. The van der Waals surface area contributed by atoms with Crippen molar-refractivity contribution in [3.63, 3.8) is 0 Å². The summed E-state index contributed by atoms with van der Waals surface area (Å²) >= 11 is 3.50.